The van der Waals surface area contributed by atoms with Crippen LogP contribution in [0.1, 0.15) is 18.9 Å². The van der Waals surface area contributed by atoms with Crippen molar-refractivity contribution in [3.63, 3.8) is 0 Å². The molecule has 2 unspecified atom stereocenters. The second kappa shape index (κ2) is 5.80. The number of likely N-dealkylation sites (tertiary alicyclic amines) is 1. The van der Waals surface area contributed by atoms with Crippen LogP contribution in [0.2, 0.25) is 5.02 Å². The minimum atomic E-state index is -0.375. The number of hydrogen-bond acceptors (Lipinski definition) is 2. The van der Waals surface area contributed by atoms with Crippen molar-refractivity contribution in [2.24, 2.45) is 5.92 Å². The summed E-state index contributed by atoms with van der Waals surface area (Å²) in [6.07, 6.45) is 0.465. The van der Waals surface area contributed by atoms with E-state index >= 15 is 0 Å². The van der Waals surface area contributed by atoms with Gasteiger partial charge in [-0.05, 0) is 31.9 Å². The predicted octanol–water partition coefficient (Wildman–Crippen LogP) is 2.88. The number of rotatable bonds is 2. The van der Waals surface area contributed by atoms with Crippen molar-refractivity contribution in [2.75, 3.05) is 18.4 Å². The van der Waals surface area contributed by atoms with E-state index in [1.54, 1.807) is 17.9 Å². The van der Waals surface area contributed by atoms with Gasteiger partial charge >= 0.3 is 6.03 Å². The van der Waals surface area contributed by atoms with Crippen molar-refractivity contribution in [2.45, 2.75) is 26.4 Å². The summed E-state index contributed by atoms with van der Waals surface area (Å²) in [4.78, 5) is 13.9. The van der Waals surface area contributed by atoms with Gasteiger partial charge < -0.3 is 15.3 Å². The number of hydrogen-bond donors (Lipinski definition) is 2. The van der Waals surface area contributed by atoms with E-state index < -0.39 is 0 Å². The van der Waals surface area contributed by atoms with Crippen LogP contribution in [0.3, 0.4) is 0 Å². The van der Waals surface area contributed by atoms with Gasteiger partial charge in [-0.2, -0.15) is 0 Å². The molecule has 1 aliphatic heterocycles. The fourth-order valence-corrected chi connectivity index (χ4v) is 2.61. The lowest BCUT2D eigenvalue weighted by atomic mass is 10.0. The molecule has 0 radical (unpaired) electrons. The molecule has 1 saturated heterocycles. The van der Waals surface area contributed by atoms with Crippen molar-refractivity contribution in [1.29, 1.82) is 0 Å². The van der Waals surface area contributed by atoms with Crippen molar-refractivity contribution >= 4 is 23.3 Å². The van der Waals surface area contributed by atoms with E-state index in [-0.39, 0.29) is 18.1 Å². The van der Waals surface area contributed by atoms with Gasteiger partial charge in [0.25, 0.3) is 0 Å². The number of urea groups is 1. The first-order valence-electron chi connectivity index (χ1n) is 6.48. The Morgan fingerprint density at radius 1 is 1.58 bits per heavy atom. The number of aliphatic hydroxyl groups is 1. The summed E-state index contributed by atoms with van der Waals surface area (Å²) < 4.78 is 0. The summed E-state index contributed by atoms with van der Waals surface area (Å²) in [5.74, 6) is 0.165. The summed E-state index contributed by atoms with van der Waals surface area (Å²) in [5, 5.41) is 12.9. The Morgan fingerprint density at radius 2 is 2.32 bits per heavy atom. The summed E-state index contributed by atoms with van der Waals surface area (Å²) in [7, 11) is 0. The number of aliphatic hydroxyl groups excluding tert-OH is 1. The van der Waals surface area contributed by atoms with Crippen LogP contribution < -0.4 is 5.32 Å². The van der Waals surface area contributed by atoms with Crippen LogP contribution in [0.5, 0.6) is 0 Å². The average molecular weight is 283 g/mol. The zero-order valence-corrected chi connectivity index (χ0v) is 11.9. The molecule has 104 valence electrons. The molecule has 1 aliphatic rings. The van der Waals surface area contributed by atoms with Crippen molar-refractivity contribution < 1.29 is 9.90 Å². The zero-order chi connectivity index (χ0) is 14.0. The molecule has 2 atom stereocenters. The number of nitrogens with zero attached hydrogens (tertiary/aromatic N) is 1. The van der Waals surface area contributed by atoms with Gasteiger partial charge in [-0.1, -0.05) is 23.7 Å². The Bertz CT molecular complexity index is 456. The van der Waals surface area contributed by atoms with Gasteiger partial charge in [-0.25, -0.2) is 4.79 Å². The van der Waals surface area contributed by atoms with E-state index in [9.17, 15) is 9.90 Å². The molecule has 0 bridgehead atoms. The number of aryl methyl sites for hydroxylation is 1. The maximum Gasteiger partial charge on any atom is 0.321 e. The van der Waals surface area contributed by atoms with Gasteiger partial charge in [0.15, 0.2) is 0 Å². The lowest BCUT2D eigenvalue weighted by Gasteiger charge is -2.19. The number of benzene rings is 1. The molecule has 0 spiro atoms. The van der Waals surface area contributed by atoms with Crippen LogP contribution >= 0.6 is 11.6 Å². The number of amides is 2. The van der Waals surface area contributed by atoms with Gasteiger partial charge in [-0.15, -0.1) is 0 Å². The van der Waals surface area contributed by atoms with E-state index in [0.717, 1.165) is 12.0 Å². The van der Waals surface area contributed by atoms with Crippen molar-refractivity contribution in [1.82, 2.24) is 4.90 Å². The fourth-order valence-electron chi connectivity index (χ4n) is 2.34. The zero-order valence-electron chi connectivity index (χ0n) is 11.2. The van der Waals surface area contributed by atoms with Crippen molar-refractivity contribution in [3.05, 3.63) is 28.8 Å². The third-order valence-electron chi connectivity index (χ3n) is 3.65. The Hall–Kier alpha value is -1.26. The Morgan fingerprint density at radius 3 is 2.89 bits per heavy atom. The van der Waals surface area contributed by atoms with Gasteiger partial charge in [0, 0.05) is 19.0 Å². The van der Waals surface area contributed by atoms with E-state index in [2.05, 4.69) is 5.32 Å². The molecule has 1 aromatic carbocycles. The van der Waals surface area contributed by atoms with E-state index in [1.807, 2.05) is 19.1 Å². The summed E-state index contributed by atoms with van der Waals surface area (Å²) in [5.41, 5.74) is 1.60. The van der Waals surface area contributed by atoms with Crippen LogP contribution in [-0.2, 0) is 0 Å². The summed E-state index contributed by atoms with van der Waals surface area (Å²) in [6, 6.07) is 5.36. The average Bonchev–Trinajstić information content (AvgIpc) is 2.83. The largest absolute Gasteiger partial charge is 0.393 e. The highest BCUT2D eigenvalue weighted by Gasteiger charge is 2.29. The molecular weight excluding hydrogens is 264 g/mol. The standard InChI is InChI=1S/C14H19ClN2O2/c1-9-4-3-5-12(15)13(9)16-14(19)17-7-6-11(8-17)10(2)18/h3-5,10-11,18H,6-8H2,1-2H3,(H,16,19). The first-order chi connectivity index (χ1) is 8.99. The number of para-hydroxylation sites is 1. The molecule has 19 heavy (non-hydrogen) atoms. The number of carbonyl (C=O) groups is 1. The molecule has 2 rings (SSSR count). The number of carbonyl (C=O) groups excluding carboxylic acids is 1. The first kappa shape index (κ1) is 14.2. The second-order valence-electron chi connectivity index (χ2n) is 5.10. The van der Waals surface area contributed by atoms with Crippen molar-refractivity contribution in [3.8, 4) is 0 Å². The molecule has 1 fully saturated rings. The van der Waals surface area contributed by atoms with Crippen LogP contribution in [0.15, 0.2) is 18.2 Å². The highest BCUT2D eigenvalue weighted by Crippen LogP contribution is 2.27. The Labute approximate surface area is 118 Å². The number of nitrogens with one attached hydrogen (secondary N) is 1. The molecule has 0 aliphatic carbocycles. The van der Waals surface area contributed by atoms with Gasteiger partial charge in [0.2, 0.25) is 0 Å². The SMILES string of the molecule is Cc1cccc(Cl)c1NC(=O)N1CCC(C(C)O)C1. The Kier molecular flexibility index (Phi) is 4.32. The van der Waals surface area contributed by atoms with Gasteiger partial charge in [0.1, 0.15) is 0 Å². The molecule has 0 saturated carbocycles. The maximum atomic E-state index is 12.2. The third kappa shape index (κ3) is 3.19. The smallest absolute Gasteiger partial charge is 0.321 e. The monoisotopic (exact) mass is 282 g/mol. The van der Waals surface area contributed by atoms with Crippen LogP contribution in [-0.4, -0.2) is 35.2 Å². The minimum absolute atomic E-state index is 0.153. The predicted molar refractivity (Wildman–Crippen MR) is 76.6 cm³/mol. The first-order valence-corrected chi connectivity index (χ1v) is 6.86. The number of anilines is 1. The van der Waals surface area contributed by atoms with E-state index in [4.69, 9.17) is 11.6 Å². The molecule has 0 aromatic heterocycles. The minimum Gasteiger partial charge on any atom is -0.393 e. The number of halogens is 1. The topological polar surface area (TPSA) is 52.6 Å². The molecule has 2 amide bonds. The molecule has 5 heteroatoms. The molecule has 4 nitrogen and oxygen atoms in total. The highest BCUT2D eigenvalue weighted by molar-refractivity contribution is 6.33. The van der Waals surface area contributed by atoms with Crippen LogP contribution in [0.4, 0.5) is 10.5 Å². The Balaban J connectivity index is 2.02. The van der Waals surface area contributed by atoms with Crippen LogP contribution in [0, 0.1) is 12.8 Å². The van der Waals surface area contributed by atoms with Gasteiger partial charge in [0.05, 0.1) is 16.8 Å². The molecule has 2 N–H and O–H groups in total. The fraction of sp³-hybridized carbons (Fsp3) is 0.500. The molecular formula is C14H19ClN2O2. The normalized spacial score (nSPS) is 20.4. The molecule has 1 heterocycles. The van der Waals surface area contributed by atoms with E-state index in [0.29, 0.717) is 23.8 Å². The summed E-state index contributed by atoms with van der Waals surface area (Å²) >= 11 is 6.09. The van der Waals surface area contributed by atoms with Gasteiger partial charge in [-0.3, -0.25) is 0 Å². The third-order valence-corrected chi connectivity index (χ3v) is 3.96. The molecule has 1 aromatic rings. The van der Waals surface area contributed by atoms with E-state index in [1.165, 1.54) is 0 Å². The lowest BCUT2D eigenvalue weighted by molar-refractivity contribution is 0.130. The lowest BCUT2D eigenvalue weighted by Crippen LogP contribution is -2.34. The van der Waals surface area contributed by atoms with Crippen LogP contribution in [0.25, 0.3) is 0 Å². The maximum absolute atomic E-state index is 12.2. The second-order valence-corrected chi connectivity index (χ2v) is 5.50. The summed E-state index contributed by atoms with van der Waals surface area (Å²) in [6.45, 7) is 4.94. The quantitative estimate of drug-likeness (QED) is 0.876. The highest BCUT2D eigenvalue weighted by atomic mass is 35.5.